The van der Waals surface area contributed by atoms with E-state index in [-0.39, 0.29) is 5.91 Å². The summed E-state index contributed by atoms with van der Waals surface area (Å²) < 4.78 is 5.37. The normalized spacial score (nSPS) is 14.6. The van der Waals surface area contributed by atoms with Gasteiger partial charge in [-0.05, 0) is 55.3 Å². The number of benzene rings is 2. The lowest BCUT2D eigenvalue weighted by atomic mass is 10.0. The quantitative estimate of drug-likeness (QED) is 0.945. The number of aryl methyl sites for hydroxylation is 1. The van der Waals surface area contributed by atoms with E-state index < -0.39 is 0 Å². The van der Waals surface area contributed by atoms with Crippen molar-refractivity contribution in [2.24, 2.45) is 0 Å². The van der Waals surface area contributed by atoms with Crippen LogP contribution in [0.3, 0.4) is 0 Å². The second kappa shape index (κ2) is 6.84. The number of rotatable bonds is 3. The largest absolute Gasteiger partial charge is 0.378 e. The number of morpholine rings is 1. The highest BCUT2D eigenvalue weighted by Gasteiger charge is 2.12. The molecule has 4 nitrogen and oxygen atoms in total. The lowest BCUT2D eigenvalue weighted by molar-refractivity contribution is 0.102. The molecule has 1 aliphatic heterocycles. The topological polar surface area (TPSA) is 41.6 Å². The fraction of sp³-hybridized carbons (Fsp3) is 0.316. The van der Waals surface area contributed by atoms with E-state index in [1.165, 1.54) is 0 Å². The van der Waals surface area contributed by atoms with E-state index in [1.54, 1.807) is 0 Å². The average molecular weight is 310 g/mol. The summed E-state index contributed by atoms with van der Waals surface area (Å²) >= 11 is 0. The van der Waals surface area contributed by atoms with Gasteiger partial charge in [-0.1, -0.05) is 12.1 Å². The van der Waals surface area contributed by atoms with Crippen LogP contribution in [-0.4, -0.2) is 32.2 Å². The van der Waals surface area contributed by atoms with Crippen LogP contribution in [0.5, 0.6) is 0 Å². The molecule has 2 aromatic rings. The molecule has 1 amide bonds. The minimum atomic E-state index is -0.0645. The van der Waals surface area contributed by atoms with E-state index in [4.69, 9.17) is 4.74 Å². The molecule has 120 valence electrons. The SMILES string of the molecule is Cc1cccc(C(=O)Nc2ccc(N3CCOCC3)cc2)c1C. The molecule has 1 saturated heterocycles. The van der Waals surface area contributed by atoms with E-state index in [1.807, 2.05) is 56.3 Å². The van der Waals surface area contributed by atoms with E-state index in [0.717, 1.165) is 54.4 Å². The number of carbonyl (C=O) groups is 1. The molecule has 1 N–H and O–H groups in total. The number of nitrogens with one attached hydrogen (secondary N) is 1. The molecular formula is C19H22N2O2. The Bertz CT molecular complexity index is 689. The van der Waals surface area contributed by atoms with Crippen molar-refractivity contribution in [1.29, 1.82) is 0 Å². The van der Waals surface area contributed by atoms with Gasteiger partial charge in [-0.3, -0.25) is 4.79 Å². The third-order valence-electron chi connectivity index (χ3n) is 4.35. The second-order valence-corrected chi connectivity index (χ2v) is 5.85. The number of hydrogen-bond acceptors (Lipinski definition) is 3. The van der Waals surface area contributed by atoms with Gasteiger partial charge in [0.1, 0.15) is 0 Å². The summed E-state index contributed by atoms with van der Waals surface area (Å²) in [5.41, 5.74) is 4.85. The molecule has 3 rings (SSSR count). The first-order chi connectivity index (χ1) is 11.1. The predicted octanol–water partition coefficient (Wildman–Crippen LogP) is 3.39. The Morgan fingerprint density at radius 3 is 2.43 bits per heavy atom. The first-order valence-corrected chi connectivity index (χ1v) is 7.95. The van der Waals surface area contributed by atoms with Crippen LogP contribution in [0.25, 0.3) is 0 Å². The summed E-state index contributed by atoms with van der Waals surface area (Å²) in [6.45, 7) is 7.35. The zero-order valence-corrected chi connectivity index (χ0v) is 13.6. The Kier molecular flexibility index (Phi) is 4.63. The molecule has 1 heterocycles. The third-order valence-corrected chi connectivity index (χ3v) is 4.35. The Morgan fingerprint density at radius 2 is 1.74 bits per heavy atom. The van der Waals surface area contributed by atoms with Crippen LogP contribution in [0.4, 0.5) is 11.4 Å². The summed E-state index contributed by atoms with van der Waals surface area (Å²) in [7, 11) is 0. The molecule has 0 bridgehead atoms. The number of amides is 1. The highest BCUT2D eigenvalue weighted by atomic mass is 16.5. The first-order valence-electron chi connectivity index (χ1n) is 7.95. The van der Waals surface area contributed by atoms with Crippen molar-refractivity contribution in [2.45, 2.75) is 13.8 Å². The number of ether oxygens (including phenoxy) is 1. The van der Waals surface area contributed by atoms with Gasteiger partial charge in [-0.15, -0.1) is 0 Å². The molecule has 2 aromatic carbocycles. The van der Waals surface area contributed by atoms with Crippen LogP contribution in [-0.2, 0) is 4.74 Å². The van der Waals surface area contributed by atoms with Gasteiger partial charge in [0, 0.05) is 30.0 Å². The molecule has 0 spiro atoms. The van der Waals surface area contributed by atoms with Gasteiger partial charge < -0.3 is 15.0 Å². The maximum atomic E-state index is 12.4. The van der Waals surface area contributed by atoms with Crippen molar-refractivity contribution >= 4 is 17.3 Å². The Morgan fingerprint density at radius 1 is 1.04 bits per heavy atom. The van der Waals surface area contributed by atoms with Crippen molar-refractivity contribution in [3.05, 3.63) is 59.2 Å². The maximum absolute atomic E-state index is 12.4. The molecular weight excluding hydrogens is 288 g/mol. The molecule has 0 aromatic heterocycles. The van der Waals surface area contributed by atoms with Crippen molar-refractivity contribution in [3.8, 4) is 0 Å². The summed E-state index contributed by atoms with van der Waals surface area (Å²) in [4.78, 5) is 14.7. The number of hydrogen-bond donors (Lipinski definition) is 1. The Hall–Kier alpha value is -2.33. The minimum Gasteiger partial charge on any atom is -0.378 e. The smallest absolute Gasteiger partial charge is 0.255 e. The van der Waals surface area contributed by atoms with Gasteiger partial charge in [0.2, 0.25) is 0 Å². The molecule has 0 aliphatic carbocycles. The predicted molar refractivity (Wildman–Crippen MR) is 93.3 cm³/mol. The molecule has 1 fully saturated rings. The van der Waals surface area contributed by atoms with E-state index in [0.29, 0.717) is 0 Å². The second-order valence-electron chi connectivity index (χ2n) is 5.85. The standard InChI is InChI=1S/C19H22N2O2/c1-14-4-3-5-18(15(14)2)19(22)20-16-6-8-17(9-7-16)21-10-12-23-13-11-21/h3-9H,10-13H2,1-2H3,(H,20,22). The summed E-state index contributed by atoms with van der Waals surface area (Å²) in [5.74, 6) is -0.0645. The monoisotopic (exact) mass is 310 g/mol. The average Bonchev–Trinajstić information content (AvgIpc) is 2.59. The lowest BCUT2D eigenvalue weighted by Gasteiger charge is -2.28. The maximum Gasteiger partial charge on any atom is 0.255 e. The van der Waals surface area contributed by atoms with Crippen LogP contribution in [0, 0.1) is 13.8 Å². The van der Waals surface area contributed by atoms with Crippen molar-refractivity contribution in [3.63, 3.8) is 0 Å². The van der Waals surface area contributed by atoms with Gasteiger partial charge >= 0.3 is 0 Å². The number of nitrogens with zero attached hydrogens (tertiary/aromatic N) is 1. The van der Waals surface area contributed by atoms with Crippen molar-refractivity contribution in [2.75, 3.05) is 36.5 Å². The number of anilines is 2. The Labute approximate surface area is 137 Å². The third kappa shape index (κ3) is 3.54. The highest BCUT2D eigenvalue weighted by Crippen LogP contribution is 2.20. The zero-order chi connectivity index (χ0) is 16.2. The molecule has 0 atom stereocenters. The van der Waals surface area contributed by atoms with Crippen molar-refractivity contribution < 1.29 is 9.53 Å². The molecule has 0 unspecified atom stereocenters. The molecule has 4 heteroatoms. The van der Waals surface area contributed by atoms with Crippen LogP contribution in [0.2, 0.25) is 0 Å². The highest BCUT2D eigenvalue weighted by molar-refractivity contribution is 6.05. The van der Waals surface area contributed by atoms with Gasteiger partial charge in [-0.25, -0.2) is 0 Å². The van der Waals surface area contributed by atoms with E-state index in [9.17, 15) is 4.79 Å². The number of carbonyl (C=O) groups excluding carboxylic acids is 1. The van der Waals surface area contributed by atoms with Crippen molar-refractivity contribution in [1.82, 2.24) is 0 Å². The lowest BCUT2D eigenvalue weighted by Crippen LogP contribution is -2.36. The Balaban J connectivity index is 1.70. The van der Waals surface area contributed by atoms with Crippen LogP contribution < -0.4 is 10.2 Å². The van der Waals surface area contributed by atoms with Crippen LogP contribution in [0.15, 0.2) is 42.5 Å². The summed E-state index contributed by atoms with van der Waals surface area (Å²) in [6, 6.07) is 13.8. The fourth-order valence-electron chi connectivity index (χ4n) is 2.77. The molecule has 1 aliphatic rings. The summed E-state index contributed by atoms with van der Waals surface area (Å²) in [6.07, 6.45) is 0. The summed E-state index contributed by atoms with van der Waals surface area (Å²) in [5, 5.41) is 2.97. The molecule has 23 heavy (non-hydrogen) atoms. The van der Waals surface area contributed by atoms with Crippen LogP contribution >= 0.6 is 0 Å². The van der Waals surface area contributed by atoms with Gasteiger partial charge in [0.15, 0.2) is 0 Å². The fourth-order valence-corrected chi connectivity index (χ4v) is 2.77. The van der Waals surface area contributed by atoms with Gasteiger partial charge in [0.05, 0.1) is 13.2 Å². The minimum absolute atomic E-state index is 0.0645. The van der Waals surface area contributed by atoms with Crippen LogP contribution in [0.1, 0.15) is 21.5 Å². The zero-order valence-electron chi connectivity index (χ0n) is 13.6. The molecule has 0 radical (unpaired) electrons. The van der Waals surface area contributed by atoms with Gasteiger partial charge in [-0.2, -0.15) is 0 Å². The van der Waals surface area contributed by atoms with E-state index in [2.05, 4.69) is 10.2 Å². The van der Waals surface area contributed by atoms with Gasteiger partial charge in [0.25, 0.3) is 5.91 Å². The molecule has 0 saturated carbocycles. The van der Waals surface area contributed by atoms with E-state index >= 15 is 0 Å². The first kappa shape index (κ1) is 15.6.